The number of thiazole rings is 1. The van der Waals surface area contributed by atoms with Crippen molar-refractivity contribution < 1.29 is 28.1 Å². The van der Waals surface area contributed by atoms with Gasteiger partial charge in [-0.25, -0.2) is 24.1 Å². The molecule has 1 atom stereocenters. The Morgan fingerprint density at radius 3 is 2.91 bits per heavy atom. The molecule has 0 unspecified atom stereocenters. The van der Waals surface area contributed by atoms with Crippen molar-refractivity contribution >= 4 is 49.6 Å². The third-order valence-electron chi connectivity index (χ3n) is 5.16. The molecule has 0 spiro atoms. The van der Waals surface area contributed by atoms with E-state index in [2.05, 4.69) is 15.0 Å². The molecule has 0 aliphatic carbocycles. The van der Waals surface area contributed by atoms with Gasteiger partial charge in [0.25, 0.3) is 0 Å². The molecular formula is C22H17ClFN3O5S. The van der Waals surface area contributed by atoms with E-state index >= 15 is 0 Å². The lowest BCUT2D eigenvalue weighted by Gasteiger charge is -2.26. The second-order valence-electron chi connectivity index (χ2n) is 7.26. The summed E-state index contributed by atoms with van der Waals surface area (Å²) in [5, 5.41) is 0.582. The highest BCUT2D eigenvalue weighted by Crippen LogP contribution is 2.45. The quantitative estimate of drug-likeness (QED) is 0.356. The van der Waals surface area contributed by atoms with Crippen LogP contribution in [-0.2, 0) is 11.2 Å². The largest absolute Gasteiger partial charge is 0.484 e. The lowest BCUT2D eigenvalue weighted by atomic mass is 10.1. The molecule has 1 aliphatic rings. The minimum atomic E-state index is -0.944. The average molecular weight is 490 g/mol. The zero-order valence-electron chi connectivity index (χ0n) is 17.6. The third kappa shape index (κ3) is 4.00. The molecule has 0 radical (unpaired) electrons. The van der Waals surface area contributed by atoms with Gasteiger partial charge in [-0.05, 0) is 24.1 Å². The summed E-state index contributed by atoms with van der Waals surface area (Å²) in [5.74, 6) is 0.473. The summed E-state index contributed by atoms with van der Waals surface area (Å²) in [6.45, 7) is 2.05. The van der Waals surface area contributed by atoms with Crippen molar-refractivity contribution in [3.05, 3.63) is 35.8 Å². The molecule has 33 heavy (non-hydrogen) atoms. The number of fused-ring (bicyclic) bond motifs is 4. The van der Waals surface area contributed by atoms with Crippen LogP contribution in [0.3, 0.4) is 0 Å². The van der Waals surface area contributed by atoms with Crippen LogP contribution in [0.5, 0.6) is 17.4 Å². The van der Waals surface area contributed by atoms with Crippen LogP contribution in [0.2, 0.25) is 0 Å². The number of aromatic nitrogens is 3. The molecule has 4 aromatic rings. The number of hydrogen-bond donors (Lipinski definition) is 0. The number of rotatable bonds is 5. The fourth-order valence-electron chi connectivity index (χ4n) is 3.60. The van der Waals surface area contributed by atoms with Gasteiger partial charge in [0, 0.05) is 23.2 Å². The Labute approximate surface area is 196 Å². The molecule has 8 nitrogen and oxygen atoms in total. The summed E-state index contributed by atoms with van der Waals surface area (Å²) < 4.78 is 37.0. The van der Waals surface area contributed by atoms with E-state index in [1.807, 2.05) is 19.1 Å². The zero-order valence-corrected chi connectivity index (χ0v) is 19.1. The number of aryl methyl sites for hydroxylation is 1. The summed E-state index contributed by atoms with van der Waals surface area (Å²) in [6, 6.07) is 5.16. The van der Waals surface area contributed by atoms with Gasteiger partial charge in [0.15, 0.2) is 23.4 Å². The summed E-state index contributed by atoms with van der Waals surface area (Å²) in [7, 11) is 1.53. The lowest BCUT2D eigenvalue weighted by Crippen LogP contribution is -2.33. The van der Waals surface area contributed by atoms with Crippen LogP contribution in [-0.4, -0.2) is 46.8 Å². The Kier molecular flexibility index (Phi) is 5.63. The average Bonchev–Trinajstić information content (AvgIpc) is 3.27. The molecule has 11 heteroatoms. The lowest BCUT2D eigenvalue weighted by molar-refractivity contribution is 0.0410. The van der Waals surface area contributed by atoms with Gasteiger partial charge in [-0.1, -0.05) is 6.92 Å². The zero-order chi connectivity index (χ0) is 23.1. The van der Waals surface area contributed by atoms with Gasteiger partial charge < -0.3 is 18.9 Å². The maximum Gasteiger partial charge on any atom is 0.403 e. The number of hydrogen-bond acceptors (Lipinski definition) is 9. The normalized spacial score (nSPS) is 15.1. The monoisotopic (exact) mass is 489 g/mol. The molecule has 3 heterocycles. The molecule has 0 N–H and O–H groups in total. The first-order valence-electron chi connectivity index (χ1n) is 10.1. The minimum absolute atomic E-state index is 0.104. The van der Waals surface area contributed by atoms with Crippen LogP contribution in [0.25, 0.3) is 31.8 Å². The fourth-order valence-corrected chi connectivity index (χ4v) is 4.75. The standard InChI is InChI=1S/C22H17ClFN3O5S/c1-3-10-4-12(17-14(5-10)26-16(29-2)7-25-17)21-27-18-13(24)6-15-19(20(18)33-21)30-8-11(32-15)9-31-22(23)28/h4-7,11H,3,8-9H2,1-2H3/t11-/m1/s1. The number of benzene rings is 2. The van der Waals surface area contributed by atoms with Crippen LogP contribution >= 0.6 is 22.9 Å². The van der Waals surface area contributed by atoms with Crippen molar-refractivity contribution in [2.75, 3.05) is 20.3 Å². The van der Waals surface area contributed by atoms with Crippen LogP contribution in [0.1, 0.15) is 12.5 Å². The van der Waals surface area contributed by atoms with Crippen molar-refractivity contribution in [1.29, 1.82) is 0 Å². The Balaban J connectivity index is 1.61. The van der Waals surface area contributed by atoms with E-state index in [4.69, 9.17) is 30.5 Å². The van der Waals surface area contributed by atoms with E-state index < -0.39 is 17.3 Å². The van der Waals surface area contributed by atoms with Gasteiger partial charge in [-0.3, -0.25) is 0 Å². The third-order valence-corrected chi connectivity index (χ3v) is 6.36. The summed E-state index contributed by atoms with van der Waals surface area (Å²) in [4.78, 5) is 24.4. The maximum atomic E-state index is 15.0. The molecule has 2 aromatic heterocycles. The molecule has 2 aromatic carbocycles. The van der Waals surface area contributed by atoms with Crippen molar-refractivity contribution in [3.8, 4) is 28.0 Å². The second-order valence-corrected chi connectivity index (χ2v) is 8.57. The van der Waals surface area contributed by atoms with E-state index in [9.17, 15) is 9.18 Å². The molecule has 0 saturated carbocycles. The predicted octanol–water partition coefficient (Wildman–Crippen LogP) is 5.13. The molecule has 1 aliphatic heterocycles. The molecular weight excluding hydrogens is 473 g/mol. The number of nitrogens with zero attached hydrogens (tertiary/aromatic N) is 3. The second kappa shape index (κ2) is 8.60. The predicted molar refractivity (Wildman–Crippen MR) is 121 cm³/mol. The molecule has 0 saturated heterocycles. The van der Waals surface area contributed by atoms with Crippen molar-refractivity contribution in [2.24, 2.45) is 0 Å². The number of ether oxygens (including phenoxy) is 4. The van der Waals surface area contributed by atoms with Crippen molar-refractivity contribution in [1.82, 2.24) is 15.0 Å². The SMILES string of the molecule is CCc1cc(-c2nc3c(F)cc4c(c3s2)OC[C@H](COC(=O)Cl)O4)c2ncc(OC)nc2c1. The van der Waals surface area contributed by atoms with E-state index in [-0.39, 0.29) is 24.5 Å². The number of carbonyl (C=O) groups excluding carboxylic acids is 1. The fraction of sp³-hybridized carbons (Fsp3) is 0.273. The van der Waals surface area contributed by atoms with Crippen molar-refractivity contribution in [2.45, 2.75) is 19.4 Å². The summed E-state index contributed by atoms with van der Waals surface area (Å²) >= 11 is 6.48. The van der Waals surface area contributed by atoms with Crippen LogP contribution in [0, 0.1) is 5.82 Å². The molecule has 170 valence electrons. The summed E-state index contributed by atoms with van der Waals surface area (Å²) in [5.41, 5.74) is 2.33. The molecule has 5 rings (SSSR count). The Hall–Kier alpha value is -3.24. The van der Waals surface area contributed by atoms with Gasteiger partial charge >= 0.3 is 5.43 Å². The van der Waals surface area contributed by atoms with E-state index in [1.54, 1.807) is 0 Å². The Morgan fingerprint density at radius 1 is 1.30 bits per heavy atom. The van der Waals surface area contributed by atoms with Gasteiger partial charge in [0.1, 0.15) is 28.4 Å². The van der Waals surface area contributed by atoms with Gasteiger partial charge in [-0.2, -0.15) is 0 Å². The van der Waals surface area contributed by atoms with Crippen LogP contribution in [0.4, 0.5) is 9.18 Å². The number of methoxy groups -OCH3 is 1. The minimum Gasteiger partial charge on any atom is -0.484 e. The molecule has 0 bridgehead atoms. The van der Waals surface area contributed by atoms with E-state index in [0.29, 0.717) is 32.4 Å². The van der Waals surface area contributed by atoms with Gasteiger partial charge in [0.2, 0.25) is 5.88 Å². The number of halogens is 2. The number of carbonyl (C=O) groups is 1. The Bertz CT molecular complexity index is 1390. The highest BCUT2D eigenvalue weighted by atomic mass is 35.5. The Morgan fingerprint density at radius 2 is 2.15 bits per heavy atom. The first kappa shape index (κ1) is 21.6. The first-order valence-corrected chi connectivity index (χ1v) is 11.2. The van der Waals surface area contributed by atoms with Crippen molar-refractivity contribution in [3.63, 3.8) is 0 Å². The van der Waals surface area contributed by atoms with Gasteiger partial charge in [-0.15, -0.1) is 11.3 Å². The summed E-state index contributed by atoms with van der Waals surface area (Å²) in [6.07, 6.45) is 1.72. The van der Waals surface area contributed by atoms with Gasteiger partial charge in [0.05, 0.1) is 24.3 Å². The molecule has 0 fully saturated rings. The molecule has 0 amide bonds. The smallest absolute Gasteiger partial charge is 0.403 e. The maximum absolute atomic E-state index is 15.0. The van der Waals surface area contributed by atoms with E-state index in [0.717, 1.165) is 17.5 Å². The highest BCUT2D eigenvalue weighted by Gasteiger charge is 2.28. The topological polar surface area (TPSA) is 92.7 Å². The van der Waals surface area contributed by atoms with Crippen LogP contribution < -0.4 is 14.2 Å². The highest BCUT2D eigenvalue weighted by molar-refractivity contribution is 7.22. The first-order chi connectivity index (χ1) is 16.0. The van der Waals surface area contributed by atoms with Crippen LogP contribution in [0.15, 0.2) is 24.4 Å². The van der Waals surface area contributed by atoms with E-state index in [1.165, 1.54) is 30.7 Å².